The maximum Gasteiger partial charge on any atom is 0.387 e. The van der Waals surface area contributed by atoms with E-state index in [1.54, 1.807) is 6.08 Å². The van der Waals surface area contributed by atoms with E-state index in [1.165, 1.54) is 42.7 Å². The molecule has 3 aromatic rings. The molecule has 1 aromatic heterocycles. The van der Waals surface area contributed by atoms with Crippen LogP contribution in [0.15, 0.2) is 73.1 Å². The number of alkyl halides is 2. The summed E-state index contributed by atoms with van der Waals surface area (Å²) in [4.78, 5) is 60.6. The number of carbonyl (C=O) groups excluding carboxylic acids is 1. The molecule has 0 radical (unpaired) electrons. The van der Waals surface area contributed by atoms with Crippen LogP contribution in [0.2, 0.25) is 5.02 Å². The van der Waals surface area contributed by atoms with Crippen molar-refractivity contribution in [1.29, 1.82) is 0 Å². The molecule has 2 aromatic carbocycles. The number of ether oxygens (including phenoxy) is 1. The lowest BCUT2D eigenvalue weighted by atomic mass is 10.1. The third-order valence-electron chi connectivity index (χ3n) is 4.87. The van der Waals surface area contributed by atoms with E-state index in [0.717, 1.165) is 0 Å². The fourth-order valence-corrected chi connectivity index (χ4v) is 3.20. The largest absolute Gasteiger partial charge is 0.478 e. The first-order valence-corrected chi connectivity index (χ1v) is 13.2. The van der Waals surface area contributed by atoms with E-state index in [-0.39, 0.29) is 22.0 Å². The average molecular weight is 698 g/mol. The Morgan fingerprint density at radius 3 is 1.94 bits per heavy atom. The first-order chi connectivity index (χ1) is 22.5. The Hall–Kier alpha value is -6.01. The molecule has 0 atom stereocenters. The quantitative estimate of drug-likeness (QED) is 0.145. The number of carboxylic acids is 4. The van der Waals surface area contributed by atoms with Crippen LogP contribution in [0.25, 0.3) is 10.9 Å². The maximum atomic E-state index is 13.4. The van der Waals surface area contributed by atoms with Gasteiger partial charge < -0.3 is 40.7 Å². The normalized spacial score (nSPS) is 10.8. The Labute approximate surface area is 274 Å². The average Bonchev–Trinajstić information content (AvgIpc) is 2.98. The van der Waals surface area contributed by atoms with Crippen LogP contribution >= 0.6 is 11.6 Å². The van der Waals surface area contributed by atoms with Crippen molar-refractivity contribution >= 4 is 69.5 Å². The molecule has 0 unspecified atom stereocenters. The van der Waals surface area contributed by atoms with E-state index in [4.69, 9.17) is 32.0 Å². The second-order valence-corrected chi connectivity index (χ2v) is 9.30. The van der Waals surface area contributed by atoms with Crippen molar-refractivity contribution in [3.8, 4) is 5.75 Å². The molecular weight excluding hydrogens is 671 g/mol. The van der Waals surface area contributed by atoms with Crippen molar-refractivity contribution in [1.82, 2.24) is 14.9 Å². The van der Waals surface area contributed by atoms with Crippen LogP contribution in [0.3, 0.4) is 0 Å². The van der Waals surface area contributed by atoms with E-state index >= 15 is 0 Å². The van der Waals surface area contributed by atoms with Gasteiger partial charge in [-0.05, 0) is 38.4 Å². The number of aliphatic carboxylic acids is 4. The molecule has 0 aliphatic carbocycles. The summed E-state index contributed by atoms with van der Waals surface area (Å²) < 4.78 is 43.8. The number of hydrogen-bond donors (Lipinski definition) is 6. The van der Waals surface area contributed by atoms with Crippen molar-refractivity contribution in [2.45, 2.75) is 6.61 Å². The predicted octanol–water partition coefficient (Wildman–Crippen LogP) is 4.25. The SMILES string of the molecule is CN(C)C/C=C\C(=O)Nc1cc2c(Nc3ccc(F)c(Cl)c3)ncnc2cc1OC(F)F.O=C(O)/C=C/C(=O)O.O=C(O)/C=C/C(=O)O. The minimum atomic E-state index is -3.10. The number of aromatic nitrogens is 2. The van der Waals surface area contributed by atoms with Crippen LogP contribution in [0, 0.1) is 5.82 Å². The molecule has 1 amide bonds. The van der Waals surface area contributed by atoms with Crippen LogP contribution in [-0.4, -0.2) is 92.3 Å². The number of carboxylic acid groups (broad SMARTS) is 4. The van der Waals surface area contributed by atoms with Crippen LogP contribution in [0.5, 0.6) is 5.75 Å². The van der Waals surface area contributed by atoms with Crippen molar-refractivity contribution in [3.05, 3.63) is 84.0 Å². The number of hydrogen-bond acceptors (Lipinski definition) is 10. The van der Waals surface area contributed by atoms with E-state index in [2.05, 4.69) is 25.3 Å². The first-order valence-electron chi connectivity index (χ1n) is 12.8. The lowest BCUT2D eigenvalue weighted by molar-refractivity contribution is -0.134. The minimum Gasteiger partial charge on any atom is -0.478 e. The molecule has 0 bridgehead atoms. The zero-order valence-electron chi connectivity index (χ0n) is 24.8. The highest BCUT2D eigenvalue weighted by Gasteiger charge is 2.16. The van der Waals surface area contributed by atoms with Gasteiger partial charge in [0.2, 0.25) is 5.91 Å². The van der Waals surface area contributed by atoms with Gasteiger partial charge in [0.15, 0.2) is 5.75 Å². The number of carbonyl (C=O) groups is 5. The van der Waals surface area contributed by atoms with Crippen LogP contribution in [0.1, 0.15) is 0 Å². The Kier molecular flexibility index (Phi) is 16.8. The van der Waals surface area contributed by atoms with Gasteiger partial charge in [-0.25, -0.2) is 33.5 Å². The number of amides is 1. The van der Waals surface area contributed by atoms with Crippen molar-refractivity contribution in [3.63, 3.8) is 0 Å². The summed E-state index contributed by atoms with van der Waals surface area (Å²) >= 11 is 5.82. The van der Waals surface area contributed by atoms with Gasteiger partial charge in [0.25, 0.3) is 0 Å². The highest BCUT2D eigenvalue weighted by Crippen LogP contribution is 2.34. The summed E-state index contributed by atoms with van der Waals surface area (Å²) in [6, 6.07) is 6.71. The number of likely N-dealkylation sites (N-methyl/N-ethyl adjacent to an activating group) is 1. The summed E-state index contributed by atoms with van der Waals surface area (Å²) in [5, 5.41) is 37.1. The molecule has 1 heterocycles. The Morgan fingerprint density at radius 1 is 0.896 bits per heavy atom. The molecule has 48 heavy (non-hydrogen) atoms. The standard InChI is InChI=1S/C21H19ClF3N5O2.2C4H4O4/c1-30(2)7-3-4-19(31)29-17-9-13-16(10-18(17)32-21(24)25)26-11-27-20(13)28-12-5-6-15(23)14(22)8-12;2*5-3(6)1-2-4(7)8/h3-6,8-11,21H,7H2,1-2H3,(H,29,31)(H,26,27,28);2*1-2H,(H,5,6)(H,7,8)/b4-3-;2*2-1+. The van der Waals surface area contributed by atoms with Crippen LogP contribution in [-0.2, 0) is 24.0 Å². The highest BCUT2D eigenvalue weighted by molar-refractivity contribution is 6.31. The van der Waals surface area contributed by atoms with Crippen molar-refractivity contribution < 1.29 is 62.3 Å². The van der Waals surface area contributed by atoms with Gasteiger partial charge in [-0.3, -0.25) is 4.79 Å². The van der Waals surface area contributed by atoms with E-state index < -0.39 is 42.2 Å². The molecule has 0 aliphatic heterocycles. The van der Waals surface area contributed by atoms with Gasteiger partial charge in [0, 0.05) is 54.1 Å². The number of benzene rings is 2. The van der Waals surface area contributed by atoms with Crippen LogP contribution in [0.4, 0.5) is 30.4 Å². The van der Waals surface area contributed by atoms with E-state index in [9.17, 15) is 37.1 Å². The lowest BCUT2D eigenvalue weighted by Crippen LogP contribution is -2.14. The zero-order valence-corrected chi connectivity index (χ0v) is 25.6. The Bertz CT molecular complexity index is 1650. The highest BCUT2D eigenvalue weighted by atomic mass is 35.5. The second-order valence-electron chi connectivity index (χ2n) is 8.89. The van der Waals surface area contributed by atoms with E-state index in [0.29, 0.717) is 47.7 Å². The number of anilines is 3. The van der Waals surface area contributed by atoms with Gasteiger partial charge in [-0.15, -0.1) is 0 Å². The molecule has 0 saturated heterocycles. The van der Waals surface area contributed by atoms with E-state index in [1.807, 2.05) is 19.0 Å². The smallest absolute Gasteiger partial charge is 0.387 e. The second kappa shape index (κ2) is 20.2. The summed E-state index contributed by atoms with van der Waals surface area (Å²) in [5.41, 5.74) is 0.737. The van der Waals surface area contributed by atoms with Crippen molar-refractivity contribution in [2.75, 3.05) is 31.3 Å². The molecule has 0 fully saturated rings. The molecule has 0 saturated carbocycles. The molecule has 256 valence electrons. The number of halogens is 4. The molecule has 19 heteroatoms. The van der Waals surface area contributed by atoms with Gasteiger partial charge in [-0.2, -0.15) is 8.78 Å². The number of nitrogens with zero attached hydrogens (tertiary/aromatic N) is 3. The summed E-state index contributed by atoms with van der Waals surface area (Å²) in [6.07, 6.45) is 6.37. The fourth-order valence-electron chi connectivity index (χ4n) is 3.02. The molecular formula is C29H27ClF3N5O10. The molecule has 15 nitrogen and oxygen atoms in total. The monoisotopic (exact) mass is 697 g/mol. The third kappa shape index (κ3) is 16.3. The third-order valence-corrected chi connectivity index (χ3v) is 5.16. The zero-order chi connectivity index (χ0) is 36.4. The molecule has 6 N–H and O–H groups in total. The topological polar surface area (TPSA) is 229 Å². The predicted molar refractivity (Wildman–Crippen MR) is 166 cm³/mol. The van der Waals surface area contributed by atoms with Gasteiger partial charge >= 0.3 is 30.5 Å². The molecule has 0 aliphatic rings. The molecule has 3 rings (SSSR count). The number of fused-ring (bicyclic) bond motifs is 1. The van der Waals surface area contributed by atoms with Crippen molar-refractivity contribution in [2.24, 2.45) is 0 Å². The van der Waals surface area contributed by atoms with Gasteiger partial charge in [-0.1, -0.05) is 17.7 Å². The Balaban J connectivity index is 0.000000594. The number of nitrogens with one attached hydrogen (secondary N) is 2. The van der Waals surface area contributed by atoms with Gasteiger partial charge in [0.1, 0.15) is 18.0 Å². The lowest BCUT2D eigenvalue weighted by Gasteiger charge is -2.14. The molecule has 0 spiro atoms. The summed E-state index contributed by atoms with van der Waals surface area (Å²) in [7, 11) is 3.67. The maximum absolute atomic E-state index is 13.4. The number of rotatable bonds is 12. The summed E-state index contributed by atoms with van der Waals surface area (Å²) in [6.45, 7) is -2.58. The first kappa shape index (κ1) is 40.0. The Morgan fingerprint density at radius 2 is 1.46 bits per heavy atom. The summed E-state index contributed by atoms with van der Waals surface area (Å²) in [5.74, 6) is -6.09. The van der Waals surface area contributed by atoms with Gasteiger partial charge in [0.05, 0.1) is 16.2 Å². The fraction of sp³-hybridized carbons (Fsp3) is 0.138. The van der Waals surface area contributed by atoms with Crippen LogP contribution < -0.4 is 15.4 Å². The minimum absolute atomic E-state index is 0.00675.